The molecule has 3 atom stereocenters. The Morgan fingerprint density at radius 3 is 2.07 bits per heavy atom. The first kappa shape index (κ1) is 40.5. The van der Waals surface area contributed by atoms with E-state index >= 15 is 0 Å². The molecule has 0 aromatic carbocycles. The number of amides is 4. The van der Waals surface area contributed by atoms with Crippen LogP contribution in [0.3, 0.4) is 0 Å². The van der Waals surface area contributed by atoms with E-state index in [1.807, 2.05) is 25.6 Å². The number of halogens is 3. The van der Waals surface area contributed by atoms with Crippen molar-refractivity contribution in [2.45, 2.75) is 110 Å². The normalized spacial score (nSPS) is 20.7. The Kier molecular flexibility index (Phi) is 18.4. The number of carbonyl (C=O) groups is 3. The molecule has 16 heteroatoms. The van der Waals surface area contributed by atoms with Crippen molar-refractivity contribution in [3.63, 3.8) is 0 Å². The van der Waals surface area contributed by atoms with Gasteiger partial charge in [-0.2, -0.15) is 11.8 Å². The van der Waals surface area contributed by atoms with E-state index in [4.69, 9.17) is 13.6 Å². The third-order valence-electron chi connectivity index (χ3n) is 9.00. The quantitative estimate of drug-likeness (QED) is 0.0386. The van der Waals surface area contributed by atoms with E-state index in [1.165, 1.54) is 0 Å². The number of rotatable bonds is 19. The number of unbranched alkanes of at least 4 members (excludes halogenated alkanes) is 1. The number of nitrogens with one attached hydrogen (secondary N) is 5. The number of urea groups is 1. The van der Waals surface area contributed by atoms with E-state index in [2.05, 4.69) is 85.4 Å². The van der Waals surface area contributed by atoms with Crippen molar-refractivity contribution in [1.82, 2.24) is 21.3 Å². The van der Waals surface area contributed by atoms with Crippen LogP contribution in [0.1, 0.15) is 81.1 Å². The number of hydrogen-bond acceptors (Lipinski definition) is 8. The molecule has 2 saturated heterocycles. The molecule has 0 aliphatic carbocycles. The minimum atomic E-state index is -1.95. The Balaban J connectivity index is 0.00000153. The summed E-state index contributed by atoms with van der Waals surface area (Å²) >= 11 is 1.26. The molecule has 11 nitrogen and oxygen atoms in total. The van der Waals surface area contributed by atoms with Crippen LogP contribution in [0, 0.1) is 14.4 Å². The predicted molar refractivity (Wildman–Crippen MR) is 205 cm³/mol. The van der Waals surface area contributed by atoms with Crippen LogP contribution in [-0.2, 0) is 23.8 Å². The van der Waals surface area contributed by atoms with Crippen molar-refractivity contribution in [3.8, 4) is 0 Å². The number of hydrogen-bond donors (Lipinski definition) is 5. The van der Waals surface area contributed by atoms with Crippen molar-refractivity contribution >= 4 is 91.1 Å². The van der Waals surface area contributed by atoms with E-state index in [1.54, 1.807) is 0 Å². The average molecular weight is 981 g/mol. The molecule has 5 N–H and O–H groups in total. The summed E-state index contributed by atoms with van der Waals surface area (Å²) in [5.41, 5.74) is -1.48. The molecular weight excluding hydrogens is 926 g/mol. The SMILES string of the molecule is CC(C)(CNC(=O)CI)C(C)(C)OCCOC(C)(C)C(C)(C)CNC(=O)CCCCC1SCC2NC(=O)NC21.[3H]I(B=O)I=N. The number of alkyl halides is 1. The van der Waals surface area contributed by atoms with Crippen molar-refractivity contribution < 1.29 is 28.6 Å². The summed E-state index contributed by atoms with van der Waals surface area (Å²) in [6.07, 6.45) is 3.33. The minimum absolute atomic E-state index is 0.0260. The average Bonchev–Trinajstić information content (AvgIpc) is 3.53. The molecule has 0 bridgehead atoms. The van der Waals surface area contributed by atoms with Crippen LogP contribution >= 0.6 is 68.2 Å². The topological polar surface area (TPSA) is 159 Å². The molecule has 4 amide bonds. The first-order chi connectivity index (χ1) is 20.8. The zero-order chi connectivity index (χ0) is 34.5. The van der Waals surface area contributed by atoms with E-state index in [0.717, 1.165) is 25.0 Å². The summed E-state index contributed by atoms with van der Waals surface area (Å²) in [4.78, 5) is 35.8. The van der Waals surface area contributed by atoms with Gasteiger partial charge >= 0.3 is 53.8 Å². The summed E-state index contributed by atoms with van der Waals surface area (Å²) in [5, 5.41) is 13.2. The van der Waals surface area contributed by atoms with Crippen LogP contribution in [0.25, 0.3) is 0 Å². The fourth-order valence-corrected chi connectivity index (χ4v) is 7.03. The fraction of sp³-hybridized carbons (Fsp3) is 0.893. The molecule has 0 saturated carbocycles. The van der Waals surface area contributed by atoms with Gasteiger partial charge in [0, 0.05) is 41.3 Å². The van der Waals surface area contributed by atoms with Gasteiger partial charge < -0.3 is 30.7 Å². The molecule has 2 fully saturated rings. The molecule has 256 valence electrons. The van der Waals surface area contributed by atoms with E-state index < -0.39 is 45.1 Å². The van der Waals surface area contributed by atoms with Crippen LogP contribution in [0.4, 0.5) is 4.79 Å². The Morgan fingerprint density at radius 1 is 1.05 bits per heavy atom. The molecule has 2 rings (SSSR count). The second-order valence-corrected chi connectivity index (χ2v) is 22.6. The summed E-state index contributed by atoms with van der Waals surface area (Å²) in [6, 6.07) is 0.405. The molecule has 0 aromatic heterocycles. The molecule has 2 heterocycles. The molecule has 0 aromatic rings. The van der Waals surface area contributed by atoms with Gasteiger partial charge in [-0.25, -0.2) is 4.79 Å². The van der Waals surface area contributed by atoms with Gasteiger partial charge in [0.05, 0.1) is 40.9 Å². The maximum atomic E-state index is 12.5. The van der Waals surface area contributed by atoms with Crippen molar-refractivity contribution in [3.05, 3.63) is 0 Å². The maximum absolute atomic E-state index is 12.5. The van der Waals surface area contributed by atoms with E-state index in [-0.39, 0.29) is 40.8 Å². The van der Waals surface area contributed by atoms with Gasteiger partial charge in [-0.05, 0) is 40.5 Å². The van der Waals surface area contributed by atoms with Gasteiger partial charge in [0.15, 0.2) is 0 Å². The zero-order valence-electron chi connectivity index (χ0n) is 28.4. The van der Waals surface area contributed by atoms with Crippen LogP contribution in [0.2, 0.25) is 0 Å². The molecular formula is C28H53BI3N5O6S. The van der Waals surface area contributed by atoms with Crippen LogP contribution in [0.15, 0.2) is 0 Å². The fourth-order valence-electron chi connectivity index (χ4n) is 4.48. The Hall–Kier alpha value is 0.335. The second kappa shape index (κ2) is 20.0. The Labute approximate surface area is 299 Å². The number of thioether (sulfide) groups is 1. The monoisotopic (exact) mass is 981 g/mol. The second-order valence-electron chi connectivity index (χ2n) is 13.3. The van der Waals surface area contributed by atoms with Gasteiger partial charge in [0.1, 0.15) is 0 Å². The molecule has 0 spiro atoms. The third kappa shape index (κ3) is 14.2. The van der Waals surface area contributed by atoms with Crippen LogP contribution in [0.5, 0.6) is 0 Å². The first-order valence-corrected chi connectivity index (χ1v) is 26.0. The van der Waals surface area contributed by atoms with Gasteiger partial charge in [-0.1, -0.05) is 56.7 Å². The standard InChI is InChI=1S/C28H51IN4O5S.BH2I2NO/c1-25(2,17-30-21(34)12-10-9-11-20-23-19(16-39-20)32-24(36)33-23)27(5,6)37-13-14-38-28(7,8)26(3,4)18-31-22(35)15-29;4-3-2-1-5/h19-20,23H,9-18H2,1-8H3,(H,30,34)(H,31,35)(H2,32,33,36);2,4H/i;2T. The molecule has 3 unspecified atom stereocenters. The first-order valence-electron chi connectivity index (χ1n) is 15.2. The molecule has 2 aliphatic heterocycles. The summed E-state index contributed by atoms with van der Waals surface area (Å²) in [7, 11) is 0. The summed E-state index contributed by atoms with van der Waals surface area (Å²) < 4.78 is 35.7. The van der Waals surface area contributed by atoms with Crippen molar-refractivity contribution in [2.24, 2.45) is 10.8 Å². The van der Waals surface area contributed by atoms with Crippen molar-refractivity contribution in [1.29, 1.82) is 4.16 Å². The number of fused-ring (bicyclic) bond motifs is 1. The number of ether oxygens (including phenoxy) is 2. The van der Waals surface area contributed by atoms with Crippen molar-refractivity contribution in [2.75, 3.05) is 36.5 Å². The number of carbonyl (C=O) groups excluding carboxylic acids is 3. The van der Waals surface area contributed by atoms with Gasteiger partial charge in [-0.3, -0.25) is 9.59 Å². The van der Waals surface area contributed by atoms with Gasteiger partial charge in [0.2, 0.25) is 11.8 Å². The summed E-state index contributed by atoms with van der Waals surface area (Å²) in [6.45, 7) is 18.5. The van der Waals surface area contributed by atoms with Crippen LogP contribution < -0.4 is 21.3 Å². The van der Waals surface area contributed by atoms with Gasteiger partial charge in [0.25, 0.3) is 0 Å². The van der Waals surface area contributed by atoms with E-state index in [9.17, 15) is 19.1 Å². The zero-order valence-corrected chi connectivity index (χ0v) is 34.7. The molecule has 44 heavy (non-hydrogen) atoms. The van der Waals surface area contributed by atoms with E-state index in [0.29, 0.717) is 47.4 Å². The third-order valence-corrected chi connectivity index (χ3v) is 14.5. The summed E-state index contributed by atoms with van der Waals surface area (Å²) in [5.74, 6) is 1.05. The predicted octanol–water partition coefficient (Wildman–Crippen LogP) is 5.32. The Bertz CT molecular complexity index is 1010. The van der Waals surface area contributed by atoms with Gasteiger partial charge in [-0.15, -0.1) is 0 Å². The molecule has 2 aliphatic rings. The molecule has 0 radical (unpaired) electrons. The Morgan fingerprint density at radius 2 is 1.59 bits per heavy atom. The van der Waals surface area contributed by atoms with Crippen LogP contribution in [-0.4, -0.2) is 88.5 Å².